The van der Waals surface area contributed by atoms with Gasteiger partial charge < -0.3 is 24.6 Å². The summed E-state index contributed by atoms with van der Waals surface area (Å²) in [6.07, 6.45) is 10.5. The van der Waals surface area contributed by atoms with E-state index in [9.17, 15) is 19.2 Å². The van der Waals surface area contributed by atoms with Crippen molar-refractivity contribution in [2.45, 2.75) is 65.0 Å². The van der Waals surface area contributed by atoms with Crippen LogP contribution in [0.5, 0.6) is 0 Å². The summed E-state index contributed by atoms with van der Waals surface area (Å²) < 4.78 is 10.2. The van der Waals surface area contributed by atoms with Gasteiger partial charge in [-0.1, -0.05) is 12.0 Å². The first-order valence-electron chi connectivity index (χ1n) is 11.9. The number of allylic oxidation sites excluding steroid dienone is 1. The lowest BCUT2D eigenvalue weighted by Gasteiger charge is -2.39. The van der Waals surface area contributed by atoms with Crippen LogP contribution >= 0.6 is 0 Å². The highest BCUT2D eigenvalue weighted by molar-refractivity contribution is 5.88. The van der Waals surface area contributed by atoms with Gasteiger partial charge in [0.1, 0.15) is 11.6 Å². The van der Waals surface area contributed by atoms with Gasteiger partial charge in [-0.3, -0.25) is 14.4 Å². The Labute approximate surface area is 202 Å². The number of esters is 1. The Morgan fingerprint density at radius 3 is 2.50 bits per heavy atom. The number of carbonyl (C=O) groups is 4. The van der Waals surface area contributed by atoms with Crippen LogP contribution in [0.4, 0.5) is 4.79 Å². The molecular weight excluding hydrogens is 438 g/mol. The molecule has 0 bridgehead atoms. The molecule has 1 N–H and O–H groups in total. The fourth-order valence-corrected chi connectivity index (χ4v) is 3.88. The van der Waals surface area contributed by atoms with E-state index in [1.807, 2.05) is 26.8 Å². The van der Waals surface area contributed by atoms with Gasteiger partial charge in [0.05, 0.1) is 18.9 Å². The second kappa shape index (κ2) is 12.4. The molecule has 34 heavy (non-hydrogen) atoms. The molecule has 2 aliphatic rings. The lowest BCUT2D eigenvalue weighted by Crippen LogP contribution is -2.51. The van der Waals surface area contributed by atoms with Crippen LogP contribution in [-0.4, -0.2) is 78.1 Å². The van der Waals surface area contributed by atoms with Crippen LogP contribution in [0.1, 0.15) is 53.4 Å². The fraction of sp³-hybridized carbons (Fsp3) is 0.680. The van der Waals surface area contributed by atoms with Gasteiger partial charge in [0.25, 0.3) is 0 Å². The Kier molecular flexibility index (Phi) is 9.97. The van der Waals surface area contributed by atoms with Crippen LogP contribution < -0.4 is 5.32 Å². The summed E-state index contributed by atoms with van der Waals surface area (Å²) in [6.45, 7) is 9.58. The highest BCUT2D eigenvalue weighted by Crippen LogP contribution is 2.23. The summed E-state index contributed by atoms with van der Waals surface area (Å²) in [4.78, 5) is 52.2. The number of ether oxygens (including phenoxy) is 2. The number of hydrogen-bond acceptors (Lipinski definition) is 6. The van der Waals surface area contributed by atoms with Crippen molar-refractivity contribution in [3.8, 4) is 12.3 Å². The molecule has 2 atom stereocenters. The highest BCUT2D eigenvalue weighted by Gasteiger charge is 2.33. The predicted octanol–water partition coefficient (Wildman–Crippen LogP) is 2.11. The summed E-state index contributed by atoms with van der Waals surface area (Å²) in [5.74, 6) is 1.48. The van der Waals surface area contributed by atoms with E-state index in [-0.39, 0.29) is 36.9 Å². The number of hydrogen-bond donors (Lipinski definition) is 1. The molecule has 0 saturated carbocycles. The first-order valence-corrected chi connectivity index (χ1v) is 11.9. The van der Waals surface area contributed by atoms with E-state index in [2.05, 4.69) is 11.2 Å². The molecule has 0 spiro atoms. The zero-order chi connectivity index (χ0) is 25.3. The van der Waals surface area contributed by atoms with Crippen molar-refractivity contribution in [1.29, 1.82) is 0 Å². The van der Waals surface area contributed by atoms with Crippen molar-refractivity contribution in [3.63, 3.8) is 0 Å². The maximum absolute atomic E-state index is 12.6. The second-order valence-electron chi connectivity index (χ2n) is 9.75. The molecule has 2 saturated heterocycles. The quantitative estimate of drug-likeness (QED) is 0.328. The van der Waals surface area contributed by atoms with Gasteiger partial charge >= 0.3 is 12.1 Å². The molecule has 0 radical (unpaired) electrons. The molecule has 0 unspecified atom stereocenters. The largest absolute Gasteiger partial charge is 0.466 e. The molecule has 0 aliphatic carbocycles. The molecule has 2 aliphatic heterocycles. The van der Waals surface area contributed by atoms with Gasteiger partial charge in [0, 0.05) is 26.2 Å². The molecule has 0 aromatic heterocycles. The van der Waals surface area contributed by atoms with Crippen LogP contribution in [0.25, 0.3) is 0 Å². The number of rotatable bonds is 8. The number of terminal acetylenes is 1. The zero-order valence-corrected chi connectivity index (χ0v) is 20.7. The monoisotopic (exact) mass is 475 g/mol. The predicted molar refractivity (Wildman–Crippen MR) is 126 cm³/mol. The lowest BCUT2D eigenvalue weighted by atomic mass is 9.95. The van der Waals surface area contributed by atoms with Crippen LogP contribution in [-0.2, 0) is 23.9 Å². The van der Waals surface area contributed by atoms with Crippen molar-refractivity contribution < 1.29 is 28.7 Å². The number of nitrogens with one attached hydrogen (secondary N) is 1. The lowest BCUT2D eigenvalue weighted by molar-refractivity contribution is -0.143. The molecule has 2 fully saturated rings. The van der Waals surface area contributed by atoms with E-state index in [0.29, 0.717) is 51.4 Å². The van der Waals surface area contributed by atoms with Crippen LogP contribution in [0.2, 0.25) is 0 Å². The van der Waals surface area contributed by atoms with Crippen molar-refractivity contribution in [3.05, 3.63) is 12.2 Å². The summed E-state index contributed by atoms with van der Waals surface area (Å²) in [6, 6.07) is -0.736. The molecule has 0 aromatic carbocycles. The Morgan fingerprint density at radius 1 is 1.18 bits per heavy atom. The molecule has 9 heteroatoms. The summed E-state index contributed by atoms with van der Waals surface area (Å²) in [5.41, 5.74) is -0.514. The molecule has 0 aromatic rings. The van der Waals surface area contributed by atoms with Crippen molar-refractivity contribution in [1.82, 2.24) is 15.1 Å². The summed E-state index contributed by atoms with van der Waals surface area (Å²) in [7, 11) is 0. The number of nitrogens with zero attached hydrogens (tertiary/aromatic N) is 2. The first kappa shape index (κ1) is 27.2. The fourth-order valence-electron chi connectivity index (χ4n) is 3.88. The van der Waals surface area contributed by atoms with Crippen molar-refractivity contribution in [2.75, 3.05) is 32.8 Å². The summed E-state index contributed by atoms with van der Waals surface area (Å²) in [5, 5.41) is 2.71. The highest BCUT2D eigenvalue weighted by atomic mass is 16.6. The van der Waals surface area contributed by atoms with Gasteiger partial charge in [0.2, 0.25) is 11.8 Å². The first-order chi connectivity index (χ1) is 16.0. The number of amides is 3. The zero-order valence-electron chi connectivity index (χ0n) is 20.7. The van der Waals surface area contributed by atoms with E-state index in [1.54, 1.807) is 22.8 Å². The summed E-state index contributed by atoms with van der Waals surface area (Å²) >= 11 is 0. The van der Waals surface area contributed by atoms with E-state index >= 15 is 0 Å². The van der Waals surface area contributed by atoms with Crippen molar-refractivity contribution >= 4 is 23.9 Å². The van der Waals surface area contributed by atoms with E-state index < -0.39 is 17.6 Å². The van der Waals surface area contributed by atoms with Gasteiger partial charge in [0.15, 0.2) is 0 Å². The average Bonchev–Trinajstić information content (AvgIpc) is 2.73. The minimum atomic E-state index is -0.736. The molecule has 2 heterocycles. The Morgan fingerprint density at radius 2 is 1.88 bits per heavy atom. The van der Waals surface area contributed by atoms with Crippen LogP contribution in [0.3, 0.4) is 0 Å². The van der Waals surface area contributed by atoms with Crippen LogP contribution in [0.15, 0.2) is 12.2 Å². The van der Waals surface area contributed by atoms with Gasteiger partial charge in [-0.05, 0) is 59.0 Å². The second-order valence-corrected chi connectivity index (χ2v) is 9.75. The van der Waals surface area contributed by atoms with Gasteiger partial charge in [-0.15, -0.1) is 6.42 Å². The normalized spacial score (nSPS) is 19.7. The standard InChI is InChI=1S/C25H37N3O6/c1-6-20(14-22(30)33-7-2)26-23(31)19-11-9-13-27(17-19)21(29)12-8-10-18-15-28(16-18)24(32)34-25(3,4)5/h1,8,12,18-20H,7,9-11,13-17H2,2-5H3,(H,26,31)/b12-8+/t19-,20-/m1/s1. The number of likely N-dealkylation sites (tertiary alicyclic amines) is 2. The average molecular weight is 476 g/mol. The Balaban J connectivity index is 1.75. The third-order valence-corrected chi connectivity index (χ3v) is 5.64. The third kappa shape index (κ3) is 8.73. The third-order valence-electron chi connectivity index (χ3n) is 5.64. The maximum Gasteiger partial charge on any atom is 0.410 e. The van der Waals surface area contributed by atoms with E-state index in [4.69, 9.17) is 15.9 Å². The van der Waals surface area contributed by atoms with E-state index in [1.165, 1.54) is 0 Å². The Hall–Kier alpha value is -3.02. The Bertz CT molecular complexity index is 819. The van der Waals surface area contributed by atoms with Crippen molar-refractivity contribution in [2.24, 2.45) is 11.8 Å². The minimum absolute atomic E-state index is 0.0826. The molecule has 2 rings (SSSR count). The SMILES string of the molecule is C#C[C@H](CC(=O)OCC)NC(=O)[C@@H]1CCCN(C(=O)/C=C/CC2CN(C(=O)OC(C)(C)C)C2)C1. The topological polar surface area (TPSA) is 105 Å². The van der Waals surface area contributed by atoms with E-state index in [0.717, 1.165) is 0 Å². The number of carbonyl (C=O) groups excluding carboxylic acids is 4. The van der Waals surface area contributed by atoms with Gasteiger partial charge in [-0.2, -0.15) is 0 Å². The molecule has 9 nitrogen and oxygen atoms in total. The van der Waals surface area contributed by atoms with Gasteiger partial charge in [-0.25, -0.2) is 4.79 Å². The number of piperidine rings is 1. The maximum atomic E-state index is 12.6. The van der Waals surface area contributed by atoms with Crippen LogP contribution in [0, 0.1) is 24.2 Å². The molecular formula is C25H37N3O6. The smallest absolute Gasteiger partial charge is 0.410 e. The minimum Gasteiger partial charge on any atom is -0.466 e. The molecule has 188 valence electrons. The molecule has 3 amide bonds.